The Hall–Kier alpha value is -4.12. The third kappa shape index (κ3) is 3.23. The molecule has 0 fully saturated rings. The normalized spacial score (nSPS) is 20.3. The van der Waals surface area contributed by atoms with E-state index in [0.717, 1.165) is 28.2 Å². The molecule has 1 N–H and O–H groups in total. The highest BCUT2D eigenvalue weighted by atomic mass is 16.5. The molecule has 5 nitrogen and oxygen atoms in total. The molecule has 0 spiro atoms. The van der Waals surface area contributed by atoms with Crippen molar-refractivity contribution < 1.29 is 19.4 Å². The Bertz CT molecular complexity index is 1500. The van der Waals surface area contributed by atoms with Crippen LogP contribution in [0.3, 0.4) is 0 Å². The fraction of sp³-hybridized carbons (Fsp3) is 0.226. The van der Waals surface area contributed by atoms with Gasteiger partial charge in [0.1, 0.15) is 0 Å². The predicted octanol–water partition coefficient (Wildman–Crippen LogP) is 6.26. The highest BCUT2D eigenvalue weighted by molar-refractivity contribution is 6.25. The maximum atomic E-state index is 14.0. The number of hydrogen-bond acceptors (Lipinski definition) is 5. The molecule has 0 amide bonds. The second-order valence-electron chi connectivity index (χ2n) is 10.5. The van der Waals surface area contributed by atoms with Gasteiger partial charge in [0.25, 0.3) is 0 Å². The van der Waals surface area contributed by atoms with Gasteiger partial charge in [-0.25, -0.2) is 0 Å². The van der Waals surface area contributed by atoms with Gasteiger partial charge in [-0.2, -0.15) is 0 Å². The van der Waals surface area contributed by atoms with Crippen LogP contribution in [0.15, 0.2) is 89.6 Å². The third-order valence-electron chi connectivity index (χ3n) is 7.45. The van der Waals surface area contributed by atoms with Gasteiger partial charge in [-0.05, 0) is 41.7 Å². The summed E-state index contributed by atoms with van der Waals surface area (Å²) in [4.78, 5) is 30.1. The minimum Gasteiger partial charge on any atom is -0.504 e. The topological polar surface area (TPSA) is 66.8 Å². The van der Waals surface area contributed by atoms with Crippen LogP contribution in [0.2, 0.25) is 0 Å². The first-order chi connectivity index (χ1) is 17.3. The number of carbonyl (C=O) groups excluding carboxylic acids is 2. The summed E-state index contributed by atoms with van der Waals surface area (Å²) in [5.41, 5.74) is 6.00. The first-order valence-electron chi connectivity index (χ1n) is 12.2. The van der Waals surface area contributed by atoms with Gasteiger partial charge in [0, 0.05) is 46.0 Å². The van der Waals surface area contributed by atoms with Crippen LogP contribution in [-0.4, -0.2) is 23.8 Å². The van der Waals surface area contributed by atoms with E-state index in [1.54, 1.807) is 18.2 Å². The maximum Gasteiger partial charge on any atom is 0.192 e. The minimum atomic E-state index is -0.548. The molecule has 5 heteroatoms. The smallest absolute Gasteiger partial charge is 0.192 e. The number of nitrogens with zero attached hydrogens (tertiary/aromatic N) is 1. The van der Waals surface area contributed by atoms with Crippen molar-refractivity contribution in [2.45, 2.75) is 32.6 Å². The lowest BCUT2D eigenvalue weighted by molar-refractivity contribution is -0.118. The number of methoxy groups -OCH3 is 1. The number of benzene rings is 3. The van der Waals surface area contributed by atoms with E-state index in [-0.39, 0.29) is 22.7 Å². The first-order valence-corrected chi connectivity index (χ1v) is 12.2. The Labute approximate surface area is 210 Å². The van der Waals surface area contributed by atoms with Crippen LogP contribution < -0.4 is 9.64 Å². The summed E-state index contributed by atoms with van der Waals surface area (Å²) in [7, 11) is 1.50. The molecule has 1 heterocycles. The number of Topliss-reactive ketones (excluding diaryl/α,β-unsaturated/α-hetero) is 2. The number of phenols is 1. The number of aromatic hydroxyl groups is 1. The van der Waals surface area contributed by atoms with Crippen molar-refractivity contribution in [2.24, 2.45) is 5.41 Å². The van der Waals surface area contributed by atoms with Crippen LogP contribution in [0.25, 0.3) is 5.70 Å². The summed E-state index contributed by atoms with van der Waals surface area (Å²) in [6, 6.07) is 22.8. The fourth-order valence-corrected chi connectivity index (χ4v) is 5.97. The molecule has 6 rings (SSSR count). The van der Waals surface area contributed by atoms with Crippen molar-refractivity contribution in [2.75, 3.05) is 12.0 Å². The maximum absolute atomic E-state index is 14.0. The average Bonchev–Trinajstić information content (AvgIpc) is 3.15. The first kappa shape index (κ1) is 22.4. The van der Waals surface area contributed by atoms with E-state index in [2.05, 4.69) is 18.7 Å². The standard InChI is InChI=1S/C31H27NO4/c1-31(2)16-22-27(24(34)17-31)26(18-13-14-23(33)25(15-18)36-3)28-29(32(22)19-9-5-4-6-10-19)20-11-7-8-12-21(20)30(28)35/h4-15,26,33H,16-17H2,1-3H3. The zero-order chi connectivity index (χ0) is 25.2. The minimum absolute atomic E-state index is 0.0171. The Kier molecular flexibility index (Phi) is 4.94. The number of ketones is 2. The second kappa shape index (κ2) is 7.95. The van der Waals surface area contributed by atoms with E-state index in [0.29, 0.717) is 35.3 Å². The zero-order valence-corrected chi connectivity index (χ0v) is 20.5. The van der Waals surface area contributed by atoms with E-state index in [4.69, 9.17) is 4.74 Å². The molecular weight excluding hydrogens is 450 g/mol. The van der Waals surface area contributed by atoms with Gasteiger partial charge >= 0.3 is 0 Å². The van der Waals surface area contributed by atoms with E-state index < -0.39 is 5.92 Å². The van der Waals surface area contributed by atoms with Crippen LogP contribution in [0.5, 0.6) is 11.5 Å². The molecule has 0 saturated carbocycles. The van der Waals surface area contributed by atoms with Crippen molar-refractivity contribution in [3.8, 4) is 11.5 Å². The van der Waals surface area contributed by atoms with Gasteiger partial charge in [-0.1, -0.05) is 62.4 Å². The number of anilines is 1. The van der Waals surface area contributed by atoms with Gasteiger partial charge in [-0.3, -0.25) is 9.59 Å². The zero-order valence-electron chi connectivity index (χ0n) is 20.5. The van der Waals surface area contributed by atoms with Gasteiger partial charge in [0.15, 0.2) is 23.1 Å². The largest absolute Gasteiger partial charge is 0.504 e. The van der Waals surface area contributed by atoms with Crippen LogP contribution in [-0.2, 0) is 4.79 Å². The van der Waals surface area contributed by atoms with E-state index >= 15 is 0 Å². The summed E-state index contributed by atoms with van der Waals surface area (Å²) in [5, 5.41) is 10.3. The van der Waals surface area contributed by atoms with Crippen LogP contribution in [0.1, 0.15) is 54.1 Å². The molecule has 0 radical (unpaired) electrons. The predicted molar refractivity (Wildman–Crippen MR) is 139 cm³/mol. The summed E-state index contributed by atoms with van der Waals surface area (Å²) < 4.78 is 5.40. The molecule has 3 aliphatic rings. The lowest BCUT2D eigenvalue weighted by atomic mass is 9.68. The highest BCUT2D eigenvalue weighted by Gasteiger charge is 2.49. The van der Waals surface area contributed by atoms with Crippen LogP contribution in [0, 0.1) is 5.41 Å². The van der Waals surface area contributed by atoms with Crippen molar-refractivity contribution in [3.05, 3.63) is 106 Å². The summed E-state index contributed by atoms with van der Waals surface area (Å²) in [6.45, 7) is 4.24. The third-order valence-corrected chi connectivity index (χ3v) is 7.45. The Morgan fingerprint density at radius 1 is 0.889 bits per heavy atom. The average molecular weight is 478 g/mol. The molecule has 1 atom stereocenters. The molecule has 36 heavy (non-hydrogen) atoms. The van der Waals surface area contributed by atoms with Crippen molar-refractivity contribution in [1.29, 1.82) is 0 Å². The van der Waals surface area contributed by atoms with Crippen molar-refractivity contribution in [1.82, 2.24) is 0 Å². The summed E-state index contributed by atoms with van der Waals surface area (Å²) in [6.07, 6.45) is 1.10. The molecule has 1 unspecified atom stereocenters. The van der Waals surface area contributed by atoms with Gasteiger partial charge in [0.2, 0.25) is 0 Å². The fourth-order valence-electron chi connectivity index (χ4n) is 5.97. The van der Waals surface area contributed by atoms with Crippen molar-refractivity contribution >= 4 is 23.0 Å². The number of phenolic OH excluding ortho intramolecular Hbond substituents is 1. The van der Waals surface area contributed by atoms with Crippen LogP contribution in [0.4, 0.5) is 5.69 Å². The summed E-state index contributed by atoms with van der Waals surface area (Å²) >= 11 is 0. The van der Waals surface area contributed by atoms with E-state index in [1.165, 1.54) is 7.11 Å². The molecule has 3 aromatic rings. The summed E-state index contributed by atoms with van der Waals surface area (Å²) in [5.74, 6) is -0.234. The quantitative estimate of drug-likeness (QED) is 0.483. The van der Waals surface area contributed by atoms with E-state index in [9.17, 15) is 14.7 Å². The molecule has 2 aliphatic carbocycles. The second-order valence-corrected chi connectivity index (χ2v) is 10.5. The number of allylic oxidation sites excluding steroid dienone is 3. The Balaban J connectivity index is 1.70. The number of carbonyl (C=O) groups is 2. The monoisotopic (exact) mass is 477 g/mol. The molecule has 1 aliphatic heterocycles. The number of rotatable bonds is 3. The number of para-hydroxylation sites is 1. The molecule has 0 bridgehead atoms. The Morgan fingerprint density at radius 3 is 2.31 bits per heavy atom. The van der Waals surface area contributed by atoms with Crippen LogP contribution >= 0.6 is 0 Å². The molecule has 0 saturated heterocycles. The van der Waals surface area contributed by atoms with Crippen molar-refractivity contribution in [3.63, 3.8) is 0 Å². The molecule has 3 aromatic carbocycles. The number of hydrogen-bond donors (Lipinski definition) is 1. The molecule has 180 valence electrons. The Morgan fingerprint density at radius 2 is 1.58 bits per heavy atom. The number of ether oxygens (including phenoxy) is 1. The lowest BCUT2D eigenvalue weighted by Crippen LogP contribution is -2.39. The molecular formula is C31H27NO4. The van der Waals surface area contributed by atoms with Gasteiger partial charge in [-0.15, -0.1) is 0 Å². The number of fused-ring (bicyclic) bond motifs is 2. The van der Waals surface area contributed by atoms with E-state index in [1.807, 2.05) is 54.6 Å². The highest BCUT2D eigenvalue weighted by Crippen LogP contribution is 2.56. The lowest BCUT2D eigenvalue weighted by Gasteiger charge is -2.44. The molecule has 0 aromatic heterocycles. The van der Waals surface area contributed by atoms with Gasteiger partial charge in [0.05, 0.1) is 12.8 Å². The van der Waals surface area contributed by atoms with Gasteiger partial charge < -0.3 is 14.7 Å². The SMILES string of the molecule is COc1cc(C2C3=C(CC(C)(C)CC3=O)N(c3ccccc3)C3=C2C(=O)c2ccccc23)ccc1O.